The number of hydrogen-bond acceptors (Lipinski definition) is 2. The van der Waals surface area contributed by atoms with Crippen molar-refractivity contribution < 1.29 is 8.42 Å². The molecule has 1 aromatic rings. The van der Waals surface area contributed by atoms with Gasteiger partial charge in [0, 0.05) is 5.02 Å². The number of hydrogen-bond donors (Lipinski definition) is 1. The highest BCUT2D eigenvalue weighted by Gasteiger charge is 2.46. The molecule has 0 radical (unpaired) electrons. The van der Waals surface area contributed by atoms with Gasteiger partial charge in [0.25, 0.3) is 0 Å². The normalized spacial score (nSPS) is 18.1. The van der Waals surface area contributed by atoms with Crippen LogP contribution in [0, 0.1) is 0 Å². The van der Waals surface area contributed by atoms with Gasteiger partial charge in [-0.3, -0.25) is 0 Å². The quantitative estimate of drug-likeness (QED) is 0.925. The summed E-state index contributed by atoms with van der Waals surface area (Å²) < 4.78 is 25.6. The van der Waals surface area contributed by atoms with Crippen LogP contribution in [0.3, 0.4) is 0 Å². The van der Waals surface area contributed by atoms with Crippen molar-refractivity contribution in [3.8, 4) is 0 Å². The summed E-state index contributed by atoms with van der Waals surface area (Å²) in [6.07, 6.45) is 2.86. The summed E-state index contributed by atoms with van der Waals surface area (Å²) in [4.78, 5) is 0. The third-order valence-corrected chi connectivity index (χ3v) is 4.25. The lowest BCUT2D eigenvalue weighted by Crippen LogP contribution is -2.34. The predicted molar refractivity (Wildman–Crippen MR) is 74.4 cm³/mol. The van der Waals surface area contributed by atoms with Crippen molar-refractivity contribution >= 4 is 21.6 Å². The smallest absolute Gasteiger partial charge is 0.209 e. The van der Waals surface area contributed by atoms with Gasteiger partial charge < -0.3 is 0 Å². The standard InChI is InChI=1S/C13H18ClNO2S/c1-9(2)10-6-11(8-12(14)7-10)13(4-5-13)15-18(3,16)17/h6-9,15H,4-5H2,1-3H3. The zero-order valence-electron chi connectivity index (χ0n) is 10.8. The molecule has 0 amide bonds. The molecule has 0 atom stereocenters. The maximum Gasteiger partial charge on any atom is 0.209 e. The summed E-state index contributed by atoms with van der Waals surface area (Å²) in [7, 11) is -3.21. The minimum Gasteiger partial charge on any atom is -0.213 e. The zero-order chi connectivity index (χ0) is 13.6. The third kappa shape index (κ3) is 3.05. The molecule has 5 heteroatoms. The molecular weight excluding hydrogens is 270 g/mol. The highest BCUT2D eigenvalue weighted by atomic mass is 35.5. The highest BCUT2D eigenvalue weighted by molar-refractivity contribution is 7.88. The van der Waals surface area contributed by atoms with Gasteiger partial charge in [-0.15, -0.1) is 0 Å². The molecule has 0 spiro atoms. The second-order valence-electron chi connectivity index (χ2n) is 5.38. The topological polar surface area (TPSA) is 46.2 Å². The summed E-state index contributed by atoms with van der Waals surface area (Å²) in [6.45, 7) is 4.19. The number of rotatable bonds is 4. The van der Waals surface area contributed by atoms with Gasteiger partial charge in [-0.05, 0) is 42.0 Å². The van der Waals surface area contributed by atoms with Crippen LogP contribution < -0.4 is 4.72 Å². The van der Waals surface area contributed by atoms with E-state index in [0.29, 0.717) is 10.9 Å². The Labute approximate surface area is 114 Å². The Hall–Kier alpha value is -0.580. The second kappa shape index (κ2) is 4.51. The van der Waals surface area contributed by atoms with E-state index in [1.165, 1.54) is 6.26 Å². The van der Waals surface area contributed by atoms with Gasteiger partial charge in [-0.25, -0.2) is 13.1 Å². The van der Waals surface area contributed by atoms with Crippen molar-refractivity contribution in [3.63, 3.8) is 0 Å². The molecular formula is C13H18ClNO2S. The first-order valence-corrected chi connectivity index (χ1v) is 8.29. The van der Waals surface area contributed by atoms with Crippen molar-refractivity contribution in [1.82, 2.24) is 4.72 Å². The van der Waals surface area contributed by atoms with Gasteiger partial charge in [0.2, 0.25) is 10.0 Å². The molecule has 0 heterocycles. The Morgan fingerprint density at radius 1 is 1.28 bits per heavy atom. The minimum absolute atomic E-state index is 0.372. The lowest BCUT2D eigenvalue weighted by molar-refractivity contribution is 0.557. The van der Waals surface area contributed by atoms with E-state index in [1.54, 1.807) is 0 Å². The molecule has 0 bridgehead atoms. The molecule has 3 nitrogen and oxygen atoms in total. The molecule has 0 saturated heterocycles. The average molecular weight is 288 g/mol. The molecule has 0 aromatic heterocycles. The largest absolute Gasteiger partial charge is 0.213 e. The van der Waals surface area contributed by atoms with Crippen LogP contribution in [0.2, 0.25) is 5.02 Å². The van der Waals surface area contributed by atoms with Crippen LogP contribution in [-0.2, 0) is 15.6 Å². The Balaban J connectivity index is 2.39. The lowest BCUT2D eigenvalue weighted by Gasteiger charge is -2.19. The molecule has 2 rings (SSSR count). The fraction of sp³-hybridized carbons (Fsp3) is 0.538. The fourth-order valence-electron chi connectivity index (χ4n) is 2.15. The van der Waals surface area contributed by atoms with Crippen LogP contribution in [0.25, 0.3) is 0 Å². The summed E-state index contributed by atoms with van der Waals surface area (Å²) in [5.74, 6) is 0.372. The maximum absolute atomic E-state index is 11.4. The van der Waals surface area contributed by atoms with Gasteiger partial charge in [-0.2, -0.15) is 0 Å². The Kier molecular flexibility index (Phi) is 3.47. The number of nitrogens with one attached hydrogen (secondary N) is 1. The number of halogens is 1. The summed E-state index contributed by atoms with van der Waals surface area (Å²) in [5.41, 5.74) is 1.69. The van der Waals surface area contributed by atoms with Gasteiger partial charge in [0.1, 0.15) is 0 Å². The molecule has 1 saturated carbocycles. The molecule has 1 aliphatic rings. The molecule has 1 aromatic carbocycles. The van der Waals surface area contributed by atoms with Gasteiger partial charge in [0.15, 0.2) is 0 Å². The van der Waals surface area contributed by atoms with Crippen LogP contribution >= 0.6 is 11.6 Å². The molecule has 100 valence electrons. The van der Waals surface area contributed by atoms with Gasteiger partial charge >= 0.3 is 0 Å². The first kappa shape index (κ1) is 13.8. The van der Waals surface area contributed by atoms with Crippen molar-refractivity contribution in [2.45, 2.75) is 38.1 Å². The third-order valence-electron chi connectivity index (χ3n) is 3.27. The molecule has 0 aliphatic heterocycles. The van der Waals surface area contributed by atoms with Crippen LogP contribution in [0.4, 0.5) is 0 Å². The molecule has 1 fully saturated rings. The van der Waals surface area contributed by atoms with E-state index in [2.05, 4.69) is 24.6 Å². The Morgan fingerprint density at radius 2 is 1.89 bits per heavy atom. The van der Waals surface area contributed by atoms with E-state index in [9.17, 15) is 8.42 Å². The van der Waals surface area contributed by atoms with Crippen molar-refractivity contribution in [3.05, 3.63) is 34.3 Å². The van der Waals surface area contributed by atoms with Crippen LogP contribution in [0.15, 0.2) is 18.2 Å². The van der Waals surface area contributed by atoms with Crippen molar-refractivity contribution in [2.24, 2.45) is 0 Å². The highest BCUT2D eigenvalue weighted by Crippen LogP contribution is 2.47. The predicted octanol–water partition coefficient (Wildman–Crippen LogP) is 3.00. The van der Waals surface area contributed by atoms with E-state index >= 15 is 0 Å². The second-order valence-corrected chi connectivity index (χ2v) is 7.57. The van der Waals surface area contributed by atoms with E-state index in [1.807, 2.05) is 12.1 Å². The lowest BCUT2D eigenvalue weighted by atomic mass is 9.97. The van der Waals surface area contributed by atoms with Crippen LogP contribution in [-0.4, -0.2) is 14.7 Å². The fourth-order valence-corrected chi connectivity index (χ4v) is 3.43. The minimum atomic E-state index is -3.21. The van der Waals surface area contributed by atoms with Crippen molar-refractivity contribution in [2.75, 3.05) is 6.26 Å². The maximum atomic E-state index is 11.4. The molecule has 18 heavy (non-hydrogen) atoms. The Bertz CT molecular complexity index is 562. The van der Waals surface area contributed by atoms with Crippen molar-refractivity contribution in [1.29, 1.82) is 0 Å². The molecule has 1 aliphatic carbocycles. The SMILES string of the molecule is CC(C)c1cc(Cl)cc(C2(NS(C)(=O)=O)CC2)c1. The Morgan fingerprint density at radius 3 is 2.33 bits per heavy atom. The average Bonchev–Trinajstić information content (AvgIpc) is 2.95. The molecule has 0 unspecified atom stereocenters. The van der Waals surface area contributed by atoms with E-state index in [-0.39, 0.29) is 0 Å². The van der Waals surface area contributed by atoms with Crippen LogP contribution in [0.5, 0.6) is 0 Å². The zero-order valence-corrected chi connectivity index (χ0v) is 12.4. The summed E-state index contributed by atoms with van der Waals surface area (Å²) >= 11 is 6.12. The first-order valence-electron chi connectivity index (χ1n) is 6.02. The summed E-state index contributed by atoms with van der Waals surface area (Å²) in [6, 6.07) is 5.85. The van der Waals surface area contributed by atoms with E-state index in [0.717, 1.165) is 24.0 Å². The molecule has 1 N–H and O–H groups in total. The van der Waals surface area contributed by atoms with Crippen LogP contribution in [0.1, 0.15) is 43.7 Å². The van der Waals surface area contributed by atoms with E-state index < -0.39 is 15.6 Å². The monoisotopic (exact) mass is 287 g/mol. The van der Waals surface area contributed by atoms with Gasteiger partial charge in [0.05, 0.1) is 11.8 Å². The number of benzene rings is 1. The van der Waals surface area contributed by atoms with E-state index in [4.69, 9.17) is 11.6 Å². The summed E-state index contributed by atoms with van der Waals surface area (Å²) in [5, 5.41) is 0.665. The first-order chi connectivity index (χ1) is 8.22. The number of sulfonamides is 1. The van der Waals surface area contributed by atoms with Gasteiger partial charge in [-0.1, -0.05) is 31.5 Å².